The molecule has 0 radical (unpaired) electrons. The SMILES string of the molecule is CC(C)(C)c1nn(-c2ccccc2Cl)c2c1[C@H](c1cccc(F)c1)SCC(=O)N2CC(=O)N1CCCC1. The summed E-state index contributed by atoms with van der Waals surface area (Å²) in [7, 11) is 0. The van der Waals surface area contributed by atoms with Crippen molar-refractivity contribution >= 4 is 41.0 Å². The summed E-state index contributed by atoms with van der Waals surface area (Å²) in [5, 5.41) is 5.15. The maximum absolute atomic E-state index is 14.4. The van der Waals surface area contributed by atoms with Crippen molar-refractivity contribution < 1.29 is 14.0 Å². The number of para-hydroxylation sites is 1. The van der Waals surface area contributed by atoms with Crippen LogP contribution in [0, 0.1) is 5.82 Å². The summed E-state index contributed by atoms with van der Waals surface area (Å²) in [6.07, 6.45) is 1.93. The minimum atomic E-state index is -0.402. The van der Waals surface area contributed by atoms with Gasteiger partial charge in [-0.25, -0.2) is 9.07 Å². The molecule has 2 aromatic carbocycles. The van der Waals surface area contributed by atoms with Crippen LogP contribution in [0.3, 0.4) is 0 Å². The Morgan fingerprint density at radius 2 is 1.86 bits per heavy atom. The lowest BCUT2D eigenvalue weighted by molar-refractivity contribution is -0.130. The molecule has 9 heteroatoms. The van der Waals surface area contributed by atoms with Gasteiger partial charge in [-0.3, -0.25) is 14.5 Å². The van der Waals surface area contributed by atoms with Gasteiger partial charge in [-0.2, -0.15) is 5.10 Å². The first-order valence-corrected chi connectivity index (χ1v) is 13.9. The molecule has 3 aromatic rings. The van der Waals surface area contributed by atoms with E-state index in [2.05, 4.69) is 20.8 Å². The van der Waals surface area contributed by atoms with Gasteiger partial charge in [0.1, 0.15) is 18.2 Å². The second kappa shape index (κ2) is 10.1. The number of carbonyl (C=O) groups excluding carboxylic acids is 2. The van der Waals surface area contributed by atoms with Crippen LogP contribution in [-0.2, 0) is 15.0 Å². The largest absolute Gasteiger partial charge is 0.341 e. The van der Waals surface area contributed by atoms with Crippen LogP contribution in [0.15, 0.2) is 48.5 Å². The number of hydrogen-bond acceptors (Lipinski definition) is 4. The smallest absolute Gasteiger partial charge is 0.242 e. The van der Waals surface area contributed by atoms with Crippen LogP contribution >= 0.6 is 23.4 Å². The molecule has 0 unspecified atom stereocenters. The first-order valence-electron chi connectivity index (χ1n) is 12.5. The first-order chi connectivity index (χ1) is 17.6. The molecule has 3 heterocycles. The second-order valence-corrected chi connectivity index (χ2v) is 12.0. The fourth-order valence-electron chi connectivity index (χ4n) is 5.00. The van der Waals surface area contributed by atoms with E-state index in [1.807, 2.05) is 29.2 Å². The number of likely N-dealkylation sites (tertiary alicyclic amines) is 1. The highest BCUT2D eigenvalue weighted by Gasteiger charge is 2.40. The van der Waals surface area contributed by atoms with Crippen molar-refractivity contribution in [2.45, 2.75) is 44.3 Å². The average Bonchev–Trinajstić information content (AvgIpc) is 3.49. The van der Waals surface area contributed by atoms with Crippen LogP contribution in [0.2, 0.25) is 5.02 Å². The van der Waals surface area contributed by atoms with Gasteiger partial charge in [-0.1, -0.05) is 56.6 Å². The van der Waals surface area contributed by atoms with Crippen LogP contribution in [0.5, 0.6) is 0 Å². The fraction of sp³-hybridized carbons (Fsp3) is 0.393. The minimum absolute atomic E-state index is 0.0814. The zero-order chi connectivity index (χ0) is 26.3. The van der Waals surface area contributed by atoms with Crippen LogP contribution in [0.1, 0.15) is 55.7 Å². The third kappa shape index (κ3) is 5.01. The van der Waals surface area contributed by atoms with Crippen LogP contribution in [-0.4, -0.2) is 51.9 Å². The summed E-state index contributed by atoms with van der Waals surface area (Å²) in [6.45, 7) is 7.50. The molecular weight excluding hydrogens is 511 g/mol. The van der Waals surface area contributed by atoms with E-state index in [0.717, 1.165) is 29.7 Å². The Balaban J connectivity index is 1.77. The molecule has 6 nitrogen and oxygen atoms in total. The van der Waals surface area contributed by atoms with Crippen molar-refractivity contribution in [2.24, 2.45) is 0 Å². The van der Waals surface area contributed by atoms with Crippen LogP contribution in [0.25, 0.3) is 5.69 Å². The highest BCUT2D eigenvalue weighted by atomic mass is 35.5. The summed E-state index contributed by atoms with van der Waals surface area (Å²) in [4.78, 5) is 30.4. The van der Waals surface area contributed by atoms with Crippen molar-refractivity contribution in [1.29, 1.82) is 0 Å². The number of fused-ring (bicyclic) bond motifs is 1. The molecule has 2 aliphatic rings. The Kier molecular flexibility index (Phi) is 7.07. The second-order valence-electron chi connectivity index (χ2n) is 10.5. The van der Waals surface area contributed by atoms with Gasteiger partial charge in [0, 0.05) is 24.1 Å². The number of halogens is 2. The lowest BCUT2D eigenvalue weighted by Gasteiger charge is -2.26. The van der Waals surface area contributed by atoms with E-state index in [1.165, 1.54) is 23.9 Å². The Morgan fingerprint density at radius 1 is 1.14 bits per heavy atom. The Labute approximate surface area is 225 Å². The van der Waals surface area contributed by atoms with Crippen molar-refractivity contribution in [3.05, 3.63) is 76.2 Å². The van der Waals surface area contributed by atoms with E-state index < -0.39 is 5.41 Å². The molecule has 0 spiro atoms. The number of benzene rings is 2. The molecule has 0 bridgehead atoms. The zero-order valence-electron chi connectivity index (χ0n) is 21.2. The lowest BCUT2D eigenvalue weighted by Crippen LogP contribution is -2.43. The monoisotopic (exact) mass is 540 g/mol. The van der Waals surface area contributed by atoms with Gasteiger partial charge in [0.15, 0.2) is 0 Å². The van der Waals surface area contributed by atoms with E-state index in [0.29, 0.717) is 29.6 Å². The molecule has 194 valence electrons. The molecule has 1 atom stereocenters. The lowest BCUT2D eigenvalue weighted by atomic mass is 9.87. The number of rotatable bonds is 4. The summed E-state index contributed by atoms with van der Waals surface area (Å²) in [5.41, 5.74) is 2.55. The number of thioether (sulfide) groups is 1. The molecule has 2 aliphatic heterocycles. The van der Waals surface area contributed by atoms with E-state index in [-0.39, 0.29) is 35.2 Å². The molecular formula is C28H30ClFN4O2S. The molecule has 0 N–H and O–H groups in total. The normalized spacial score (nSPS) is 18.2. The van der Waals surface area contributed by atoms with Crippen LogP contribution in [0.4, 0.5) is 10.2 Å². The van der Waals surface area contributed by atoms with Crippen molar-refractivity contribution in [2.75, 3.05) is 30.3 Å². The molecule has 0 aliphatic carbocycles. The van der Waals surface area contributed by atoms with Crippen molar-refractivity contribution in [1.82, 2.24) is 14.7 Å². The van der Waals surface area contributed by atoms with Gasteiger partial charge < -0.3 is 4.90 Å². The molecule has 1 fully saturated rings. The third-order valence-corrected chi connectivity index (χ3v) is 8.36. The quantitative estimate of drug-likeness (QED) is 0.422. The van der Waals surface area contributed by atoms with E-state index in [9.17, 15) is 14.0 Å². The average molecular weight is 541 g/mol. The fourth-order valence-corrected chi connectivity index (χ4v) is 6.40. The number of nitrogens with zero attached hydrogens (tertiary/aromatic N) is 4. The number of amides is 2. The molecule has 37 heavy (non-hydrogen) atoms. The zero-order valence-corrected chi connectivity index (χ0v) is 22.8. The summed E-state index contributed by atoms with van der Waals surface area (Å²) < 4.78 is 16.1. The highest BCUT2D eigenvalue weighted by Crippen LogP contribution is 2.48. The molecule has 1 saturated heterocycles. The van der Waals surface area contributed by atoms with Gasteiger partial charge in [0.25, 0.3) is 0 Å². The predicted octanol–water partition coefficient (Wildman–Crippen LogP) is 5.75. The van der Waals surface area contributed by atoms with E-state index in [1.54, 1.807) is 21.7 Å². The predicted molar refractivity (Wildman–Crippen MR) is 146 cm³/mol. The Morgan fingerprint density at radius 3 is 2.54 bits per heavy atom. The first kappa shape index (κ1) is 25.8. The maximum Gasteiger partial charge on any atom is 0.242 e. The standard InChI is InChI=1S/C28H30ClFN4O2S/c1-28(2,3)26-24-25(18-9-8-10-19(30)15-18)37-17-23(36)33(16-22(35)32-13-6-7-14-32)27(24)34(31-26)21-12-5-4-11-20(21)29/h4-5,8-12,15,25H,6-7,13-14,16-17H2,1-3H3/t25-/m0/s1. The van der Waals surface area contributed by atoms with E-state index in [4.69, 9.17) is 16.7 Å². The minimum Gasteiger partial charge on any atom is -0.341 e. The van der Waals surface area contributed by atoms with Gasteiger partial charge in [0.2, 0.25) is 11.8 Å². The summed E-state index contributed by atoms with van der Waals surface area (Å²) in [6, 6.07) is 13.8. The van der Waals surface area contributed by atoms with Crippen molar-refractivity contribution in [3.63, 3.8) is 0 Å². The van der Waals surface area contributed by atoms with Crippen molar-refractivity contribution in [3.8, 4) is 5.69 Å². The van der Waals surface area contributed by atoms with Gasteiger partial charge >= 0.3 is 0 Å². The Bertz CT molecular complexity index is 1350. The summed E-state index contributed by atoms with van der Waals surface area (Å²) in [5.74, 6) is 0.0541. The molecule has 0 saturated carbocycles. The molecule has 1 aromatic heterocycles. The van der Waals surface area contributed by atoms with Gasteiger partial charge in [0.05, 0.1) is 27.4 Å². The van der Waals surface area contributed by atoms with Gasteiger partial charge in [-0.15, -0.1) is 11.8 Å². The molecule has 5 rings (SSSR count). The van der Waals surface area contributed by atoms with E-state index >= 15 is 0 Å². The number of hydrogen-bond donors (Lipinski definition) is 0. The third-order valence-electron chi connectivity index (χ3n) is 6.78. The topological polar surface area (TPSA) is 58.4 Å². The number of anilines is 1. The van der Waals surface area contributed by atoms with Crippen LogP contribution < -0.4 is 4.90 Å². The van der Waals surface area contributed by atoms with Gasteiger partial charge in [-0.05, 0) is 42.7 Å². The highest BCUT2D eigenvalue weighted by molar-refractivity contribution is 8.00. The molecule has 2 amide bonds. The number of aromatic nitrogens is 2. The maximum atomic E-state index is 14.4. The Hall–Kier alpha value is -2.84. The summed E-state index contributed by atoms with van der Waals surface area (Å²) >= 11 is 8.07. The number of carbonyl (C=O) groups is 2.